The van der Waals surface area contributed by atoms with Crippen LogP contribution in [0.25, 0.3) is 0 Å². The highest BCUT2D eigenvalue weighted by Crippen LogP contribution is 2.24. The molecular weight excluding hydrogens is 336 g/mol. The topological polar surface area (TPSA) is 84.0 Å². The van der Waals surface area contributed by atoms with Crippen molar-refractivity contribution >= 4 is 38.9 Å². The molecule has 3 rings (SSSR count). The number of aryl methyl sites for hydroxylation is 1. The predicted molar refractivity (Wildman–Crippen MR) is 92.2 cm³/mol. The van der Waals surface area contributed by atoms with Crippen LogP contribution in [0.1, 0.15) is 12.1 Å². The van der Waals surface area contributed by atoms with Crippen LogP contribution in [-0.2, 0) is 9.84 Å². The minimum Gasteiger partial charge on any atom is -0.366 e. The summed E-state index contributed by atoms with van der Waals surface area (Å²) in [5, 5.41) is 6.83. The number of hydrogen-bond donors (Lipinski definition) is 2. The van der Waals surface area contributed by atoms with Gasteiger partial charge in [0.25, 0.3) is 0 Å². The summed E-state index contributed by atoms with van der Waals surface area (Å²) in [6.07, 6.45) is 0.596. The Kier molecular flexibility index (Phi) is 4.41. The van der Waals surface area contributed by atoms with Crippen molar-refractivity contribution < 1.29 is 8.42 Å². The molecule has 1 unspecified atom stereocenters. The van der Waals surface area contributed by atoms with Gasteiger partial charge in [-0.25, -0.2) is 13.4 Å². The van der Waals surface area contributed by atoms with Gasteiger partial charge >= 0.3 is 0 Å². The lowest BCUT2D eigenvalue weighted by atomic mass is 10.2. The number of anilines is 3. The molecule has 1 aliphatic rings. The van der Waals surface area contributed by atoms with Crippen LogP contribution in [0.3, 0.4) is 0 Å². The lowest BCUT2D eigenvalue weighted by Crippen LogP contribution is -2.21. The Labute approximate surface area is 140 Å². The third-order valence-electron chi connectivity index (χ3n) is 3.56. The van der Waals surface area contributed by atoms with Crippen LogP contribution in [-0.4, -0.2) is 35.9 Å². The standard InChI is InChI=1S/C15H17ClN4O2S/c1-10-8-14(18-11-6-7-23(21,22)9-11)20-15(17-10)19-13-5-3-2-4-12(13)16/h2-5,8,11H,6-7,9H2,1H3,(H2,17,18,19,20). The molecule has 1 aromatic heterocycles. The Hall–Kier alpha value is -1.86. The first-order chi connectivity index (χ1) is 10.9. The number of sulfone groups is 1. The Balaban J connectivity index is 1.78. The Morgan fingerprint density at radius 3 is 2.74 bits per heavy atom. The summed E-state index contributed by atoms with van der Waals surface area (Å²) < 4.78 is 23.1. The van der Waals surface area contributed by atoms with E-state index < -0.39 is 9.84 Å². The summed E-state index contributed by atoms with van der Waals surface area (Å²) in [4.78, 5) is 8.73. The van der Waals surface area contributed by atoms with Gasteiger partial charge in [0.05, 0.1) is 22.2 Å². The summed E-state index contributed by atoms with van der Waals surface area (Å²) in [5.74, 6) is 1.39. The van der Waals surface area contributed by atoms with Crippen molar-refractivity contribution in [2.24, 2.45) is 0 Å². The molecule has 0 radical (unpaired) electrons. The second-order valence-corrected chi connectivity index (χ2v) is 8.20. The van der Waals surface area contributed by atoms with Gasteiger partial charge < -0.3 is 10.6 Å². The van der Waals surface area contributed by atoms with E-state index in [1.54, 1.807) is 12.1 Å². The largest absolute Gasteiger partial charge is 0.366 e. The minimum absolute atomic E-state index is 0.109. The Morgan fingerprint density at radius 1 is 1.26 bits per heavy atom. The second-order valence-electron chi connectivity index (χ2n) is 5.57. The summed E-state index contributed by atoms with van der Waals surface area (Å²) in [6, 6.07) is 9.02. The second kappa shape index (κ2) is 6.33. The van der Waals surface area contributed by atoms with Gasteiger partial charge in [-0.3, -0.25) is 0 Å². The lowest BCUT2D eigenvalue weighted by molar-refractivity contribution is 0.602. The third kappa shape index (κ3) is 4.11. The Bertz CT molecular complexity index is 826. The van der Waals surface area contributed by atoms with Gasteiger partial charge in [-0.15, -0.1) is 0 Å². The maximum absolute atomic E-state index is 11.5. The van der Waals surface area contributed by atoms with E-state index >= 15 is 0 Å². The number of nitrogens with one attached hydrogen (secondary N) is 2. The van der Waals surface area contributed by atoms with Gasteiger partial charge in [0.15, 0.2) is 9.84 Å². The average Bonchev–Trinajstić information content (AvgIpc) is 2.80. The fraction of sp³-hybridized carbons (Fsp3) is 0.333. The van der Waals surface area contributed by atoms with Crippen molar-refractivity contribution in [3.63, 3.8) is 0 Å². The van der Waals surface area contributed by atoms with Crippen LogP contribution in [0.2, 0.25) is 5.02 Å². The van der Waals surface area contributed by atoms with E-state index in [1.807, 2.05) is 25.1 Å². The van der Waals surface area contributed by atoms with Gasteiger partial charge in [0.1, 0.15) is 5.82 Å². The first kappa shape index (κ1) is 16.0. The third-order valence-corrected chi connectivity index (χ3v) is 5.66. The van der Waals surface area contributed by atoms with Crippen LogP contribution < -0.4 is 10.6 Å². The first-order valence-electron chi connectivity index (χ1n) is 7.25. The molecule has 1 atom stereocenters. The maximum atomic E-state index is 11.5. The molecule has 0 saturated carbocycles. The van der Waals surface area contributed by atoms with Crippen molar-refractivity contribution in [1.29, 1.82) is 0 Å². The Morgan fingerprint density at radius 2 is 2.04 bits per heavy atom. The number of hydrogen-bond acceptors (Lipinski definition) is 6. The first-order valence-corrected chi connectivity index (χ1v) is 9.45. The van der Waals surface area contributed by atoms with Crippen LogP contribution >= 0.6 is 11.6 Å². The number of nitrogens with zero attached hydrogens (tertiary/aromatic N) is 2. The summed E-state index contributed by atoms with van der Waals surface area (Å²) >= 11 is 6.12. The van der Waals surface area contributed by atoms with Crippen LogP contribution in [0.5, 0.6) is 0 Å². The van der Waals surface area contributed by atoms with Crippen molar-refractivity contribution in [2.45, 2.75) is 19.4 Å². The average molecular weight is 353 g/mol. The van der Waals surface area contributed by atoms with Crippen molar-refractivity contribution in [3.05, 3.63) is 41.0 Å². The van der Waals surface area contributed by atoms with Crippen LogP contribution in [0.15, 0.2) is 30.3 Å². The molecule has 2 aromatic rings. The number of benzene rings is 1. The van der Waals surface area contributed by atoms with E-state index in [0.29, 0.717) is 28.9 Å². The van der Waals surface area contributed by atoms with E-state index in [1.165, 1.54) is 0 Å². The zero-order valence-electron chi connectivity index (χ0n) is 12.6. The molecule has 1 fully saturated rings. The van der Waals surface area contributed by atoms with E-state index in [-0.39, 0.29) is 17.5 Å². The number of para-hydroxylation sites is 1. The maximum Gasteiger partial charge on any atom is 0.229 e. The molecule has 0 spiro atoms. The molecule has 8 heteroatoms. The summed E-state index contributed by atoms with van der Waals surface area (Å²) in [5.41, 5.74) is 1.49. The van der Waals surface area contributed by atoms with Crippen molar-refractivity contribution in [2.75, 3.05) is 22.1 Å². The van der Waals surface area contributed by atoms with E-state index in [9.17, 15) is 8.42 Å². The normalized spacial score (nSPS) is 19.5. The zero-order chi connectivity index (χ0) is 16.4. The highest BCUT2D eigenvalue weighted by molar-refractivity contribution is 7.91. The number of rotatable bonds is 4. The zero-order valence-corrected chi connectivity index (χ0v) is 14.2. The molecule has 1 aromatic carbocycles. The molecule has 23 heavy (non-hydrogen) atoms. The number of aromatic nitrogens is 2. The quantitative estimate of drug-likeness (QED) is 0.880. The van der Waals surface area contributed by atoms with Crippen molar-refractivity contribution in [3.8, 4) is 0 Å². The number of halogens is 1. The molecule has 0 amide bonds. The fourth-order valence-corrected chi connectivity index (χ4v) is 4.36. The molecule has 1 saturated heterocycles. The molecule has 122 valence electrons. The molecule has 2 heterocycles. The van der Waals surface area contributed by atoms with E-state index in [0.717, 1.165) is 5.69 Å². The van der Waals surface area contributed by atoms with E-state index in [2.05, 4.69) is 20.6 Å². The molecule has 1 aliphatic heterocycles. The highest BCUT2D eigenvalue weighted by atomic mass is 35.5. The van der Waals surface area contributed by atoms with Crippen LogP contribution in [0.4, 0.5) is 17.5 Å². The SMILES string of the molecule is Cc1cc(NC2CCS(=O)(=O)C2)nc(Nc2ccccc2Cl)n1. The van der Waals surface area contributed by atoms with Crippen LogP contribution in [0, 0.1) is 6.92 Å². The van der Waals surface area contributed by atoms with Crippen molar-refractivity contribution in [1.82, 2.24) is 9.97 Å². The summed E-state index contributed by atoms with van der Waals surface area (Å²) in [6.45, 7) is 1.86. The highest BCUT2D eigenvalue weighted by Gasteiger charge is 2.28. The molecular formula is C15H17ClN4O2S. The fourth-order valence-electron chi connectivity index (χ4n) is 2.50. The monoisotopic (exact) mass is 352 g/mol. The molecule has 2 N–H and O–H groups in total. The van der Waals surface area contributed by atoms with Gasteiger partial charge in [-0.05, 0) is 25.5 Å². The molecule has 0 bridgehead atoms. The van der Waals surface area contributed by atoms with Gasteiger partial charge in [-0.1, -0.05) is 23.7 Å². The van der Waals surface area contributed by atoms with Gasteiger partial charge in [0, 0.05) is 17.8 Å². The minimum atomic E-state index is -2.93. The summed E-state index contributed by atoms with van der Waals surface area (Å²) in [7, 11) is -2.93. The van der Waals surface area contributed by atoms with Gasteiger partial charge in [0.2, 0.25) is 5.95 Å². The lowest BCUT2D eigenvalue weighted by Gasteiger charge is -2.14. The van der Waals surface area contributed by atoms with Gasteiger partial charge in [-0.2, -0.15) is 4.98 Å². The predicted octanol–water partition coefficient (Wildman–Crippen LogP) is 2.78. The smallest absolute Gasteiger partial charge is 0.229 e. The molecule has 0 aliphatic carbocycles. The van der Waals surface area contributed by atoms with E-state index in [4.69, 9.17) is 11.6 Å². The molecule has 6 nitrogen and oxygen atoms in total.